The molecule has 0 aliphatic carbocycles. The van der Waals surface area contributed by atoms with Crippen molar-refractivity contribution in [3.05, 3.63) is 138 Å². The third-order valence-corrected chi connectivity index (χ3v) is 7.60. The molecular weight excluding hydrogens is 488 g/mol. The maximum absolute atomic E-state index is 13.5. The molecule has 0 fully saturated rings. The van der Waals surface area contributed by atoms with E-state index in [4.69, 9.17) is 0 Å². The van der Waals surface area contributed by atoms with Crippen LogP contribution in [0.5, 0.6) is 0 Å². The Morgan fingerprint density at radius 1 is 0.684 bits per heavy atom. The van der Waals surface area contributed by atoms with Crippen molar-refractivity contribution in [3.63, 3.8) is 0 Å². The number of aryl methyl sites for hydroxylation is 2. The van der Waals surface area contributed by atoms with Gasteiger partial charge in [-0.15, -0.1) is 11.8 Å². The highest BCUT2D eigenvalue weighted by atomic mass is 32.2. The van der Waals surface area contributed by atoms with Gasteiger partial charge in [-0.25, -0.2) is 0 Å². The van der Waals surface area contributed by atoms with Gasteiger partial charge in [0.05, 0.1) is 0 Å². The number of fused-ring (bicyclic) bond motifs is 1. The predicted octanol–water partition coefficient (Wildman–Crippen LogP) is 8.18. The van der Waals surface area contributed by atoms with Gasteiger partial charge < -0.3 is 10.6 Å². The number of anilines is 2. The number of hydrogen-bond acceptors (Lipinski definition) is 3. The van der Waals surface area contributed by atoms with Gasteiger partial charge in [0.25, 0.3) is 5.91 Å². The molecule has 5 heteroatoms. The largest absolute Gasteiger partial charge is 0.325 e. The molecule has 1 atom stereocenters. The summed E-state index contributed by atoms with van der Waals surface area (Å²) in [5, 5.41) is 7.77. The first-order chi connectivity index (χ1) is 18.5. The van der Waals surface area contributed by atoms with E-state index in [1.54, 1.807) is 0 Å². The summed E-state index contributed by atoms with van der Waals surface area (Å²) in [6, 6.07) is 37.0. The molecular formula is C33H28N2O2S. The summed E-state index contributed by atoms with van der Waals surface area (Å²) in [6.45, 7) is 4.00. The first-order valence-electron chi connectivity index (χ1n) is 12.5. The zero-order valence-electron chi connectivity index (χ0n) is 21.3. The Labute approximate surface area is 227 Å². The van der Waals surface area contributed by atoms with Crippen molar-refractivity contribution in [1.82, 2.24) is 0 Å². The van der Waals surface area contributed by atoms with Crippen molar-refractivity contribution in [1.29, 1.82) is 0 Å². The highest BCUT2D eigenvalue weighted by Crippen LogP contribution is 2.37. The fourth-order valence-corrected chi connectivity index (χ4v) is 5.37. The normalized spacial score (nSPS) is 11.6. The lowest BCUT2D eigenvalue weighted by atomic mass is 10.1. The molecule has 188 valence electrons. The lowest BCUT2D eigenvalue weighted by Gasteiger charge is -2.19. The Balaban J connectivity index is 1.36. The molecule has 5 rings (SSSR count). The van der Waals surface area contributed by atoms with Crippen LogP contribution in [0.4, 0.5) is 11.4 Å². The van der Waals surface area contributed by atoms with Crippen molar-refractivity contribution in [2.24, 2.45) is 0 Å². The lowest BCUT2D eigenvalue weighted by molar-refractivity contribution is -0.115. The van der Waals surface area contributed by atoms with Crippen molar-refractivity contribution in [2.75, 3.05) is 10.6 Å². The summed E-state index contributed by atoms with van der Waals surface area (Å²) in [5.74, 6) is -0.273. The lowest BCUT2D eigenvalue weighted by Crippen LogP contribution is -2.19. The van der Waals surface area contributed by atoms with Gasteiger partial charge >= 0.3 is 0 Å². The number of nitrogens with one attached hydrogen (secondary N) is 2. The molecule has 0 aromatic heterocycles. The van der Waals surface area contributed by atoms with E-state index in [-0.39, 0.29) is 11.8 Å². The van der Waals surface area contributed by atoms with Gasteiger partial charge in [-0.1, -0.05) is 78.9 Å². The molecule has 0 aliphatic heterocycles. The Hall–Kier alpha value is -4.35. The number of thioether (sulfide) groups is 1. The number of carbonyl (C=O) groups excluding carboxylic acids is 2. The molecule has 5 aromatic carbocycles. The second-order valence-electron chi connectivity index (χ2n) is 9.26. The minimum Gasteiger partial charge on any atom is -0.325 e. The fraction of sp³-hybridized carbons (Fsp3) is 0.0909. The van der Waals surface area contributed by atoms with Crippen molar-refractivity contribution in [2.45, 2.75) is 24.0 Å². The summed E-state index contributed by atoms with van der Waals surface area (Å²) < 4.78 is 0. The van der Waals surface area contributed by atoms with Crippen molar-refractivity contribution >= 4 is 45.7 Å². The monoisotopic (exact) mass is 516 g/mol. The average molecular weight is 517 g/mol. The maximum atomic E-state index is 13.5. The van der Waals surface area contributed by atoms with E-state index in [2.05, 4.69) is 10.6 Å². The standard InChI is InChI=1S/C33H28N2O2S/c1-22-15-16-23(2)30(19-22)35-33(37)31(25-10-4-3-5-11-25)38-29-14-8-13-28(21-29)34-32(36)27-18-17-24-9-6-7-12-26(24)20-27/h3-21,31H,1-2H3,(H,34,36)(H,35,37). The average Bonchev–Trinajstić information content (AvgIpc) is 2.94. The molecule has 0 spiro atoms. The van der Waals surface area contributed by atoms with Crippen molar-refractivity contribution in [3.8, 4) is 0 Å². The molecule has 2 N–H and O–H groups in total. The molecule has 0 saturated heterocycles. The highest BCUT2D eigenvalue weighted by Gasteiger charge is 2.23. The second-order valence-corrected chi connectivity index (χ2v) is 10.4. The van der Waals surface area contributed by atoms with Gasteiger partial charge in [0.1, 0.15) is 5.25 Å². The Morgan fingerprint density at radius 2 is 1.45 bits per heavy atom. The smallest absolute Gasteiger partial charge is 0.255 e. The van der Waals surface area contributed by atoms with Crippen LogP contribution in [0.15, 0.2) is 120 Å². The fourth-order valence-electron chi connectivity index (χ4n) is 4.29. The van der Waals surface area contributed by atoms with Crippen LogP contribution in [0.3, 0.4) is 0 Å². The van der Waals surface area contributed by atoms with Crippen LogP contribution in [-0.2, 0) is 4.79 Å². The van der Waals surface area contributed by atoms with Gasteiger partial charge in [0.15, 0.2) is 0 Å². The molecule has 38 heavy (non-hydrogen) atoms. The summed E-state index contributed by atoms with van der Waals surface area (Å²) in [6.07, 6.45) is 0. The van der Waals surface area contributed by atoms with E-state index in [0.29, 0.717) is 11.3 Å². The summed E-state index contributed by atoms with van der Waals surface area (Å²) in [7, 11) is 0. The quantitative estimate of drug-likeness (QED) is 0.214. The topological polar surface area (TPSA) is 58.2 Å². The zero-order chi connectivity index (χ0) is 26.5. The van der Waals surface area contributed by atoms with E-state index in [0.717, 1.165) is 38.0 Å². The number of rotatable bonds is 7. The highest BCUT2D eigenvalue weighted by molar-refractivity contribution is 8.00. The molecule has 5 aromatic rings. The second kappa shape index (κ2) is 11.4. The summed E-state index contributed by atoms with van der Waals surface area (Å²) in [4.78, 5) is 27.4. The van der Waals surface area contributed by atoms with E-state index in [1.165, 1.54) is 11.8 Å². The third kappa shape index (κ3) is 5.96. The van der Waals surface area contributed by atoms with Crippen LogP contribution in [-0.4, -0.2) is 11.8 Å². The van der Waals surface area contributed by atoms with Gasteiger partial charge in [0.2, 0.25) is 5.91 Å². The number of amides is 2. The first-order valence-corrected chi connectivity index (χ1v) is 13.3. The number of carbonyl (C=O) groups is 2. The zero-order valence-corrected chi connectivity index (χ0v) is 22.1. The molecule has 4 nitrogen and oxygen atoms in total. The van der Waals surface area contributed by atoms with Gasteiger partial charge in [0, 0.05) is 21.8 Å². The molecule has 0 radical (unpaired) electrons. The Bertz CT molecular complexity index is 1610. The number of hydrogen-bond donors (Lipinski definition) is 2. The predicted molar refractivity (Wildman–Crippen MR) is 158 cm³/mol. The summed E-state index contributed by atoms with van der Waals surface area (Å²) in [5.41, 5.74) is 5.09. The van der Waals surface area contributed by atoms with Crippen molar-refractivity contribution < 1.29 is 9.59 Å². The number of benzene rings is 5. The van der Waals surface area contributed by atoms with E-state index in [1.807, 2.05) is 129 Å². The molecule has 0 heterocycles. The van der Waals surface area contributed by atoms with Gasteiger partial charge in [-0.3, -0.25) is 9.59 Å². The van der Waals surface area contributed by atoms with Crippen LogP contribution in [0, 0.1) is 13.8 Å². The van der Waals surface area contributed by atoms with Gasteiger partial charge in [-0.05, 0) is 77.7 Å². The molecule has 2 amide bonds. The minimum absolute atomic E-state index is 0.0968. The van der Waals surface area contributed by atoms with E-state index >= 15 is 0 Å². The molecule has 0 aliphatic rings. The molecule has 0 bridgehead atoms. The van der Waals surface area contributed by atoms with E-state index < -0.39 is 5.25 Å². The minimum atomic E-state index is -0.470. The van der Waals surface area contributed by atoms with Gasteiger partial charge in [-0.2, -0.15) is 0 Å². The van der Waals surface area contributed by atoms with Crippen LogP contribution in [0.2, 0.25) is 0 Å². The van der Waals surface area contributed by atoms with Crippen LogP contribution in [0.25, 0.3) is 10.8 Å². The molecule has 1 unspecified atom stereocenters. The summed E-state index contributed by atoms with van der Waals surface area (Å²) >= 11 is 1.45. The van der Waals surface area contributed by atoms with Crippen LogP contribution < -0.4 is 10.6 Å². The van der Waals surface area contributed by atoms with Crippen LogP contribution in [0.1, 0.15) is 32.3 Å². The third-order valence-electron chi connectivity index (χ3n) is 6.35. The van der Waals surface area contributed by atoms with E-state index in [9.17, 15) is 9.59 Å². The maximum Gasteiger partial charge on any atom is 0.255 e. The first kappa shape index (κ1) is 25.3. The van der Waals surface area contributed by atoms with Crippen LogP contribution >= 0.6 is 11.8 Å². The SMILES string of the molecule is Cc1ccc(C)c(NC(=O)C(Sc2cccc(NC(=O)c3ccc4ccccc4c3)c2)c2ccccc2)c1. The Morgan fingerprint density at radius 3 is 2.26 bits per heavy atom. The molecule has 0 saturated carbocycles. The Kier molecular flexibility index (Phi) is 7.57.